The highest BCUT2D eigenvalue weighted by Crippen LogP contribution is 2.49. The zero-order valence-electron chi connectivity index (χ0n) is 14.9. The first-order valence-electron chi connectivity index (χ1n) is 8.62. The molecule has 0 amide bonds. The summed E-state index contributed by atoms with van der Waals surface area (Å²) in [5, 5.41) is 40.5. The molecule has 1 aliphatic heterocycles. The van der Waals surface area contributed by atoms with Crippen LogP contribution in [0.15, 0.2) is 36.6 Å². The zero-order valence-corrected chi connectivity index (χ0v) is 14.9. The van der Waals surface area contributed by atoms with Gasteiger partial charge < -0.3 is 25.2 Å². The van der Waals surface area contributed by atoms with Gasteiger partial charge in [-0.2, -0.15) is 0 Å². The molecule has 0 aromatic rings. The highest BCUT2D eigenvalue weighted by atomic mass is 16.6. The van der Waals surface area contributed by atoms with Gasteiger partial charge in [0.25, 0.3) is 0 Å². The zero-order chi connectivity index (χ0) is 18.9. The second-order valence-corrected chi connectivity index (χ2v) is 7.35. The van der Waals surface area contributed by atoms with Crippen molar-refractivity contribution in [1.29, 1.82) is 0 Å². The van der Waals surface area contributed by atoms with Crippen LogP contribution in [0.3, 0.4) is 0 Å². The Kier molecular flexibility index (Phi) is 5.89. The first-order valence-corrected chi connectivity index (χ1v) is 8.62. The largest absolute Gasteiger partial charge is 0.428 e. The topological polar surface area (TPSA) is 107 Å². The van der Waals surface area contributed by atoms with Gasteiger partial charge in [0.2, 0.25) is 0 Å². The number of carbonyl (C=O) groups excluding carboxylic acids is 1. The maximum atomic E-state index is 12.4. The fourth-order valence-electron chi connectivity index (χ4n) is 3.61. The maximum absolute atomic E-state index is 12.4. The van der Waals surface area contributed by atoms with E-state index in [-0.39, 0.29) is 17.6 Å². The van der Waals surface area contributed by atoms with E-state index in [1.54, 1.807) is 19.1 Å². The summed E-state index contributed by atoms with van der Waals surface area (Å²) in [7, 11) is 0. The molecule has 0 bridgehead atoms. The third-order valence-electron chi connectivity index (χ3n) is 5.43. The summed E-state index contributed by atoms with van der Waals surface area (Å²) in [6, 6.07) is 0. The standard InChI is InChI=1S/C19H28O6/c1-10(9-11(2)12(3)20)5-6-14-7-8-15(21)17(23)19(14)16(22)13(4)25-18(19)24/h5-8,10-12,14-17,20-23H,4,9H2,1-3H3. The van der Waals surface area contributed by atoms with Crippen molar-refractivity contribution >= 4 is 5.97 Å². The number of hydrogen-bond donors (Lipinski definition) is 4. The number of carbonyl (C=O) groups is 1. The third kappa shape index (κ3) is 3.44. The monoisotopic (exact) mass is 352 g/mol. The summed E-state index contributed by atoms with van der Waals surface area (Å²) < 4.78 is 4.96. The number of allylic oxidation sites excluding steroid dienone is 3. The number of aliphatic hydroxyl groups is 4. The molecule has 8 unspecified atom stereocenters. The Balaban J connectivity index is 2.28. The van der Waals surface area contributed by atoms with Crippen molar-refractivity contribution in [3.05, 3.63) is 36.6 Å². The average molecular weight is 352 g/mol. The van der Waals surface area contributed by atoms with Gasteiger partial charge in [0.15, 0.2) is 0 Å². The van der Waals surface area contributed by atoms with Crippen molar-refractivity contribution in [1.82, 2.24) is 0 Å². The van der Waals surface area contributed by atoms with Gasteiger partial charge >= 0.3 is 5.97 Å². The Hall–Kier alpha value is -1.47. The molecule has 0 aromatic heterocycles. The molecule has 0 aromatic carbocycles. The van der Waals surface area contributed by atoms with Gasteiger partial charge in [-0.15, -0.1) is 0 Å². The number of rotatable bonds is 5. The fraction of sp³-hybridized carbons (Fsp3) is 0.632. The molecule has 1 fully saturated rings. The van der Waals surface area contributed by atoms with E-state index < -0.39 is 41.7 Å². The van der Waals surface area contributed by atoms with Gasteiger partial charge in [-0.25, -0.2) is 0 Å². The number of hydrogen-bond acceptors (Lipinski definition) is 6. The second kappa shape index (κ2) is 7.41. The molecule has 140 valence electrons. The molecule has 8 atom stereocenters. The van der Waals surface area contributed by atoms with Crippen molar-refractivity contribution in [2.45, 2.75) is 51.6 Å². The quantitative estimate of drug-likeness (QED) is 0.433. The van der Waals surface area contributed by atoms with E-state index in [0.29, 0.717) is 0 Å². The summed E-state index contributed by atoms with van der Waals surface area (Å²) in [6.45, 7) is 9.21. The van der Waals surface area contributed by atoms with E-state index in [1.807, 2.05) is 19.9 Å². The van der Waals surface area contributed by atoms with Crippen LogP contribution in [0, 0.1) is 23.2 Å². The van der Waals surface area contributed by atoms with Gasteiger partial charge in [0, 0.05) is 5.92 Å². The molecule has 1 saturated heterocycles. The van der Waals surface area contributed by atoms with Crippen LogP contribution in [0.25, 0.3) is 0 Å². The van der Waals surface area contributed by atoms with E-state index in [4.69, 9.17) is 4.74 Å². The lowest BCUT2D eigenvalue weighted by Gasteiger charge is -2.41. The lowest BCUT2D eigenvalue weighted by Crippen LogP contribution is -2.57. The van der Waals surface area contributed by atoms with Crippen LogP contribution >= 0.6 is 0 Å². The van der Waals surface area contributed by atoms with Gasteiger partial charge in [-0.1, -0.05) is 44.7 Å². The average Bonchev–Trinajstić information content (AvgIpc) is 2.76. The van der Waals surface area contributed by atoms with Gasteiger partial charge in [-0.3, -0.25) is 4.79 Å². The molecule has 25 heavy (non-hydrogen) atoms. The fourth-order valence-corrected chi connectivity index (χ4v) is 3.61. The Morgan fingerprint density at radius 1 is 1.28 bits per heavy atom. The van der Waals surface area contributed by atoms with Crippen LogP contribution in [-0.2, 0) is 9.53 Å². The predicted molar refractivity (Wildman–Crippen MR) is 92.1 cm³/mol. The molecule has 0 radical (unpaired) electrons. The predicted octanol–water partition coefficient (Wildman–Crippen LogP) is 0.911. The van der Waals surface area contributed by atoms with Crippen molar-refractivity contribution in [2.24, 2.45) is 23.2 Å². The SMILES string of the molecule is C=C1OC(=O)C2(C(C=CC(C)CC(C)C(C)O)C=CC(O)C2O)C1O. The van der Waals surface area contributed by atoms with Crippen LogP contribution in [-0.4, -0.2) is 50.8 Å². The van der Waals surface area contributed by atoms with E-state index in [9.17, 15) is 25.2 Å². The van der Waals surface area contributed by atoms with E-state index in [1.165, 1.54) is 6.08 Å². The molecular formula is C19H28O6. The molecule has 6 heteroatoms. The minimum absolute atomic E-state index is 0.115. The Bertz CT molecular complexity index is 580. The van der Waals surface area contributed by atoms with Crippen LogP contribution in [0.2, 0.25) is 0 Å². The molecule has 2 rings (SSSR count). The van der Waals surface area contributed by atoms with E-state index in [0.717, 1.165) is 6.42 Å². The van der Waals surface area contributed by atoms with E-state index >= 15 is 0 Å². The summed E-state index contributed by atoms with van der Waals surface area (Å²) in [4.78, 5) is 12.4. The number of esters is 1. The molecule has 1 heterocycles. The first kappa shape index (κ1) is 19.8. The number of cyclic esters (lactones) is 1. The molecular weight excluding hydrogens is 324 g/mol. The highest BCUT2D eigenvalue weighted by Gasteiger charge is 2.64. The van der Waals surface area contributed by atoms with Gasteiger partial charge in [0.05, 0.1) is 12.2 Å². The molecule has 1 spiro atoms. The normalized spacial score (nSPS) is 39.0. The Morgan fingerprint density at radius 2 is 1.92 bits per heavy atom. The molecule has 2 aliphatic rings. The van der Waals surface area contributed by atoms with Crippen molar-refractivity contribution in [2.75, 3.05) is 0 Å². The van der Waals surface area contributed by atoms with Crippen LogP contribution in [0.1, 0.15) is 27.2 Å². The lowest BCUT2D eigenvalue weighted by molar-refractivity contribution is -0.164. The van der Waals surface area contributed by atoms with Crippen LogP contribution in [0.5, 0.6) is 0 Å². The molecule has 6 nitrogen and oxygen atoms in total. The summed E-state index contributed by atoms with van der Waals surface area (Å²) in [6.07, 6.45) is 2.81. The first-order chi connectivity index (χ1) is 11.6. The van der Waals surface area contributed by atoms with Crippen molar-refractivity contribution in [3.63, 3.8) is 0 Å². The minimum atomic E-state index is -1.70. The van der Waals surface area contributed by atoms with Crippen molar-refractivity contribution < 1.29 is 30.0 Å². The number of aliphatic hydroxyl groups excluding tert-OH is 4. The van der Waals surface area contributed by atoms with Gasteiger partial charge in [-0.05, 0) is 25.2 Å². The Morgan fingerprint density at radius 3 is 2.44 bits per heavy atom. The molecule has 1 aliphatic carbocycles. The lowest BCUT2D eigenvalue weighted by atomic mass is 9.63. The van der Waals surface area contributed by atoms with Gasteiger partial charge in [0.1, 0.15) is 23.4 Å². The highest BCUT2D eigenvalue weighted by molar-refractivity contribution is 5.84. The minimum Gasteiger partial charge on any atom is -0.428 e. The third-order valence-corrected chi connectivity index (χ3v) is 5.43. The number of ether oxygens (including phenoxy) is 1. The molecule has 0 saturated carbocycles. The Labute approximate surface area is 148 Å². The summed E-state index contributed by atoms with van der Waals surface area (Å²) in [5.41, 5.74) is -1.70. The maximum Gasteiger partial charge on any atom is 0.324 e. The van der Waals surface area contributed by atoms with Crippen LogP contribution in [0.4, 0.5) is 0 Å². The molecule has 4 N–H and O–H groups in total. The summed E-state index contributed by atoms with van der Waals surface area (Å²) in [5.74, 6) is -1.32. The smallest absolute Gasteiger partial charge is 0.324 e. The summed E-state index contributed by atoms with van der Waals surface area (Å²) >= 11 is 0. The second-order valence-electron chi connectivity index (χ2n) is 7.35. The van der Waals surface area contributed by atoms with E-state index in [2.05, 4.69) is 6.58 Å². The van der Waals surface area contributed by atoms with Crippen LogP contribution < -0.4 is 0 Å². The van der Waals surface area contributed by atoms with Crippen molar-refractivity contribution in [3.8, 4) is 0 Å².